The predicted molar refractivity (Wildman–Crippen MR) is 100 cm³/mol. The molecule has 25 heavy (non-hydrogen) atoms. The van der Waals surface area contributed by atoms with Crippen LogP contribution < -0.4 is 10.2 Å². The third-order valence-corrected chi connectivity index (χ3v) is 7.03. The number of phenolic OH excluding ortho intramolecular Hbond substituents is 1. The van der Waals surface area contributed by atoms with Gasteiger partial charge in [0.25, 0.3) is 0 Å². The molecule has 2 aliphatic carbocycles. The molecule has 0 spiro atoms. The number of aliphatic hydroxyl groups excluding tert-OH is 1. The van der Waals surface area contributed by atoms with E-state index in [1.807, 2.05) is 0 Å². The van der Waals surface area contributed by atoms with Gasteiger partial charge in [-0.1, -0.05) is 49.5 Å². The molecule has 0 radical (unpaired) electrons. The van der Waals surface area contributed by atoms with E-state index in [9.17, 15) is 15.0 Å². The van der Waals surface area contributed by atoms with Crippen molar-refractivity contribution < 1.29 is 10.2 Å². The minimum absolute atomic E-state index is 0.0503. The summed E-state index contributed by atoms with van der Waals surface area (Å²) in [6.07, 6.45) is 8.56. The summed E-state index contributed by atoms with van der Waals surface area (Å²) >= 11 is 1.04. The molecule has 1 heterocycles. The fourth-order valence-corrected chi connectivity index (χ4v) is 5.78. The second kappa shape index (κ2) is 7.09. The fraction of sp³-hybridized carbons (Fsp3) is 0.632. The van der Waals surface area contributed by atoms with Gasteiger partial charge in [-0.05, 0) is 30.7 Å². The summed E-state index contributed by atoms with van der Waals surface area (Å²) in [5, 5.41) is 24.2. The van der Waals surface area contributed by atoms with E-state index in [2.05, 4.69) is 10.3 Å². The molecule has 2 aliphatic rings. The van der Waals surface area contributed by atoms with Crippen molar-refractivity contribution in [2.45, 2.75) is 57.1 Å². The number of aromatic amines is 1. The topological polar surface area (TPSA) is 85.4 Å². The lowest BCUT2D eigenvalue weighted by atomic mass is 9.86. The summed E-state index contributed by atoms with van der Waals surface area (Å²) in [4.78, 5) is 14.1. The van der Waals surface area contributed by atoms with Crippen LogP contribution >= 0.6 is 11.3 Å². The highest BCUT2D eigenvalue weighted by atomic mass is 32.1. The molecule has 0 amide bonds. The maximum atomic E-state index is 11.6. The van der Waals surface area contributed by atoms with Crippen molar-refractivity contribution in [2.75, 3.05) is 6.54 Å². The number of fused-ring (bicyclic) bond motifs is 1. The average Bonchev–Trinajstić information content (AvgIpc) is 3.32. The van der Waals surface area contributed by atoms with Crippen LogP contribution in [0.2, 0.25) is 0 Å². The Hall–Kier alpha value is -1.37. The van der Waals surface area contributed by atoms with Gasteiger partial charge in [-0.25, -0.2) is 0 Å². The van der Waals surface area contributed by atoms with Crippen molar-refractivity contribution in [1.82, 2.24) is 10.3 Å². The quantitative estimate of drug-likeness (QED) is 0.658. The van der Waals surface area contributed by atoms with E-state index in [0.29, 0.717) is 28.4 Å². The average molecular weight is 362 g/mol. The normalized spacial score (nSPS) is 25.8. The Labute approximate surface area is 151 Å². The number of aromatic hydroxyl groups is 1. The minimum atomic E-state index is -0.681. The van der Waals surface area contributed by atoms with E-state index in [1.54, 1.807) is 12.1 Å². The molecule has 2 aromatic rings. The van der Waals surface area contributed by atoms with Gasteiger partial charge in [-0.15, -0.1) is 0 Å². The summed E-state index contributed by atoms with van der Waals surface area (Å²) in [6.45, 7) is 0.486. The minimum Gasteiger partial charge on any atom is -0.506 e. The maximum Gasteiger partial charge on any atom is 0.305 e. The third-order valence-electron chi connectivity index (χ3n) is 6.10. The lowest BCUT2D eigenvalue weighted by Crippen LogP contribution is -2.37. The van der Waals surface area contributed by atoms with Gasteiger partial charge >= 0.3 is 4.87 Å². The second-order valence-corrected chi connectivity index (χ2v) is 8.55. The molecule has 0 saturated heterocycles. The van der Waals surface area contributed by atoms with Crippen LogP contribution in [-0.4, -0.2) is 27.8 Å². The highest BCUT2D eigenvalue weighted by Gasteiger charge is 2.35. The Bertz CT molecular complexity index is 794. The summed E-state index contributed by atoms with van der Waals surface area (Å²) in [5.41, 5.74) is 1.13. The number of rotatable bonds is 5. The van der Waals surface area contributed by atoms with Gasteiger partial charge < -0.3 is 20.5 Å². The standard InChI is InChI=1S/C19H26N2O3S/c22-15-9-8-13(18-17(15)21-19(24)25-18)16(23)10-20-14-7-3-6-12(14)11-4-1-2-5-11/h8-9,11-12,14,16,20,22-23H,1-7,10H2,(H,21,24)/t12?,14?,16-/m0/s1. The lowest BCUT2D eigenvalue weighted by molar-refractivity contribution is 0.162. The lowest BCUT2D eigenvalue weighted by Gasteiger charge is -2.27. The van der Waals surface area contributed by atoms with Gasteiger partial charge in [-0.3, -0.25) is 4.79 Å². The summed E-state index contributed by atoms with van der Waals surface area (Å²) in [6, 6.07) is 3.76. The number of hydrogen-bond donors (Lipinski definition) is 4. The summed E-state index contributed by atoms with van der Waals surface area (Å²) < 4.78 is 0.651. The van der Waals surface area contributed by atoms with Crippen LogP contribution in [0.1, 0.15) is 56.6 Å². The van der Waals surface area contributed by atoms with E-state index >= 15 is 0 Å². The monoisotopic (exact) mass is 362 g/mol. The number of H-pyrrole nitrogens is 1. The van der Waals surface area contributed by atoms with Gasteiger partial charge in [0.1, 0.15) is 11.3 Å². The van der Waals surface area contributed by atoms with Crippen LogP contribution in [0.25, 0.3) is 10.2 Å². The molecular formula is C19H26N2O3S. The van der Waals surface area contributed by atoms with Crippen LogP contribution in [-0.2, 0) is 0 Å². The van der Waals surface area contributed by atoms with Gasteiger partial charge in [0, 0.05) is 18.2 Å². The van der Waals surface area contributed by atoms with E-state index in [-0.39, 0.29) is 10.6 Å². The Morgan fingerprint density at radius 1 is 1.20 bits per heavy atom. The van der Waals surface area contributed by atoms with Gasteiger partial charge in [0.2, 0.25) is 0 Å². The van der Waals surface area contributed by atoms with Crippen LogP contribution in [0.15, 0.2) is 16.9 Å². The van der Waals surface area contributed by atoms with Crippen molar-refractivity contribution in [3.8, 4) is 5.75 Å². The molecule has 136 valence electrons. The molecule has 0 bridgehead atoms. The van der Waals surface area contributed by atoms with Crippen LogP contribution in [0.4, 0.5) is 0 Å². The number of thiazole rings is 1. The molecule has 2 unspecified atom stereocenters. The van der Waals surface area contributed by atoms with E-state index in [4.69, 9.17) is 0 Å². The number of phenols is 1. The largest absolute Gasteiger partial charge is 0.506 e. The van der Waals surface area contributed by atoms with E-state index in [1.165, 1.54) is 44.9 Å². The van der Waals surface area contributed by atoms with Gasteiger partial charge in [0.05, 0.1) is 10.8 Å². The zero-order chi connectivity index (χ0) is 17.4. The van der Waals surface area contributed by atoms with Crippen molar-refractivity contribution in [1.29, 1.82) is 0 Å². The molecule has 5 nitrogen and oxygen atoms in total. The maximum absolute atomic E-state index is 11.6. The number of hydrogen-bond acceptors (Lipinski definition) is 5. The van der Waals surface area contributed by atoms with Crippen molar-refractivity contribution >= 4 is 21.6 Å². The highest BCUT2D eigenvalue weighted by molar-refractivity contribution is 7.16. The molecule has 3 atom stereocenters. The smallest absolute Gasteiger partial charge is 0.305 e. The number of aliphatic hydroxyl groups is 1. The van der Waals surface area contributed by atoms with E-state index < -0.39 is 6.10 Å². The van der Waals surface area contributed by atoms with Gasteiger partial charge in [0.15, 0.2) is 0 Å². The molecule has 4 rings (SSSR count). The number of nitrogens with one attached hydrogen (secondary N) is 2. The molecular weight excluding hydrogens is 336 g/mol. The highest BCUT2D eigenvalue weighted by Crippen LogP contribution is 2.40. The number of benzene rings is 1. The van der Waals surface area contributed by atoms with Gasteiger partial charge in [-0.2, -0.15) is 0 Å². The first-order chi connectivity index (χ1) is 12.1. The molecule has 2 fully saturated rings. The second-order valence-electron chi connectivity index (χ2n) is 7.56. The first-order valence-electron chi connectivity index (χ1n) is 9.39. The number of aromatic nitrogens is 1. The van der Waals surface area contributed by atoms with Crippen LogP contribution in [0, 0.1) is 11.8 Å². The molecule has 0 aliphatic heterocycles. The molecule has 6 heteroatoms. The van der Waals surface area contributed by atoms with Crippen molar-refractivity contribution in [2.24, 2.45) is 11.8 Å². The Kier molecular flexibility index (Phi) is 4.84. The first-order valence-corrected chi connectivity index (χ1v) is 10.2. The SMILES string of the molecule is O=c1[nH]c2c(O)ccc([C@@H](O)CNC3CCCC3C3CCCC3)c2s1. The zero-order valence-corrected chi connectivity index (χ0v) is 15.1. The predicted octanol–water partition coefficient (Wildman–Crippen LogP) is 3.28. The van der Waals surface area contributed by atoms with Crippen molar-refractivity contribution in [3.05, 3.63) is 27.4 Å². The molecule has 2 saturated carbocycles. The third kappa shape index (κ3) is 3.35. The molecule has 1 aromatic carbocycles. The summed E-state index contributed by atoms with van der Waals surface area (Å²) in [5.74, 6) is 1.65. The van der Waals surface area contributed by atoms with E-state index in [0.717, 1.165) is 23.2 Å². The Morgan fingerprint density at radius 2 is 2.00 bits per heavy atom. The van der Waals surface area contributed by atoms with Crippen molar-refractivity contribution in [3.63, 3.8) is 0 Å². The van der Waals surface area contributed by atoms with Crippen LogP contribution in [0.5, 0.6) is 5.75 Å². The Balaban J connectivity index is 1.46. The fourth-order valence-electron chi connectivity index (χ4n) is 4.87. The molecule has 4 N–H and O–H groups in total. The Morgan fingerprint density at radius 3 is 2.80 bits per heavy atom. The van der Waals surface area contributed by atoms with Crippen LogP contribution in [0.3, 0.4) is 0 Å². The first kappa shape index (κ1) is 17.1. The summed E-state index contributed by atoms with van der Waals surface area (Å²) in [7, 11) is 0. The zero-order valence-electron chi connectivity index (χ0n) is 14.3. The molecule has 1 aromatic heterocycles.